The van der Waals surface area contributed by atoms with Gasteiger partial charge in [0, 0.05) is 24.5 Å². The Bertz CT molecular complexity index is 729. The Balaban J connectivity index is 1.99. The highest BCUT2D eigenvalue weighted by Crippen LogP contribution is 2.24. The molecule has 2 aromatic heterocycles. The first-order valence-electron chi connectivity index (χ1n) is 7.21. The topological polar surface area (TPSA) is 55.6 Å². The fraction of sp³-hybridized carbons (Fsp3) is 0.312. The standard InChI is InChI=1S/C16H19N5/c1-3-21-15(19-11-20-21)10-14(17-2)16-13-7-5-4-6-12(13)8-9-18-16/h4-9,11,14,17H,3,10H2,1-2H3. The van der Waals surface area contributed by atoms with E-state index >= 15 is 0 Å². The molecule has 0 aliphatic heterocycles. The van der Waals surface area contributed by atoms with Gasteiger partial charge in [0.05, 0.1) is 11.7 Å². The largest absolute Gasteiger partial charge is 0.311 e. The van der Waals surface area contributed by atoms with Crippen LogP contribution in [0.3, 0.4) is 0 Å². The summed E-state index contributed by atoms with van der Waals surface area (Å²) in [4.78, 5) is 8.96. The minimum Gasteiger partial charge on any atom is -0.311 e. The number of benzene rings is 1. The quantitative estimate of drug-likeness (QED) is 0.780. The summed E-state index contributed by atoms with van der Waals surface area (Å²) in [6, 6.07) is 10.5. The maximum atomic E-state index is 4.59. The zero-order chi connectivity index (χ0) is 14.7. The predicted octanol–water partition coefficient (Wildman–Crippen LogP) is 2.35. The lowest BCUT2D eigenvalue weighted by Gasteiger charge is -2.17. The third kappa shape index (κ3) is 2.64. The van der Waals surface area contributed by atoms with Crippen molar-refractivity contribution < 1.29 is 0 Å². The minimum atomic E-state index is 0.116. The highest BCUT2D eigenvalue weighted by molar-refractivity contribution is 5.84. The lowest BCUT2D eigenvalue weighted by atomic mass is 10.0. The normalized spacial score (nSPS) is 12.7. The number of pyridine rings is 1. The van der Waals surface area contributed by atoms with Crippen LogP contribution in [0.15, 0.2) is 42.9 Å². The molecule has 5 nitrogen and oxygen atoms in total. The van der Waals surface area contributed by atoms with Crippen LogP contribution in [0.4, 0.5) is 0 Å². The van der Waals surface area contributed by atoms with E-state index in [2.05, 4.69) is 45.5 Å². The molecule has 0 saturated carbocycles. The zero-order valence-corrected chi connectivity index (χ0v) is 12.3. The van der Waals surface area contributed by atoms with Gasteiger partial charge in [0.2, 0.25) is 0 Å². The van der Waals surface area contributed by atoms with Gasteiger partial charge < -0.3 is 5.32 Å². The van der Waals surface area contributed by atoms with Crippen LogP contribution in [0.2, 0.25) is 0 Å². The van der Waals surface area contributed by atoms with Crippen molar-refractivity contribution in [3.05, 3.63) is 54.4 Å². The molecule has 21 heavy (non-hydrogen) atoms. The van der Waals surface area contributed by atoms with Gasteiger partial charge in [0.25, 0.3) is 0 Å². The van der Waals surface area contributed by atoms with Crippen LogP contribution in [-0.2, 0) is 13.0 Å². The third-order valence-corrected chi connectivity index (χ3v) is 3.76. The van der Waals surface area contributed by atoms with Gasteiger partial charge in [0.1, 0.15) is 12.2 Å². The average molecular weight is 281 g/mol. The van der Waals surface area contributed by atoms with Gasteiger partial charge in [-0.15, -0.1) is 0 Å². The lowest BCUT2D eigenvalue weighted by Crippen LogP contribution is -2.22. The summed E-state index contributed by atoms with van der Waals surface area (Å²) in [7, 11) is 1.96. The summed E-state index contributed by atoms with van der Waals surface area (Å²) >= 11 is 0. The number of nitrogens with zero attached hydrogens (tertiary/aromatic N) is 4. The van der Waals surface area contributed by atoms with Crippen LogP contribution in [0.1, 0.15) is 24.5 Å². The van der Waals surface area contributed by atoms with Gasteiger partial charge in [-0.3, -0.25) is 9.67 Å². The monoisotopic (exact) mass is 281 g/mol. The van der Waals surface area contributed by atoms with Gasteiger partial charge in [-0.1, -0.05) is 24.3 Å². The maximum Gasteiger partial charge on any atom is 0.138 e. The van der Waals surface area contributed by atoms with E-state index in [-0.39, 0.29) is 6.04 Å². The van der Waals surface area contributed by atoms with Gasteiger partial charge in [0.15, 0.2) is 0 Å². The number of aryl methyl sites for hydroxylation is 1. The van der Waals surface area contributed by atoms with Crippen LogP contribution in [-0.4, -0.2) is 26.8 Å². The zero-order valence-electron chi connectivity index (χ0n) is 12.3. The van der Waals surface area contributed by atoms with Crippen molar-refractivity contribution in [1.82, 2.24) is 25.1 Å². The first-order valence-corrected chi connectivity index (χ1v) is 7.21. The van der Waals surface area contributed by atoms with E-state index < -0.39 is 0 Å². The van der Waals surface area contributed by atoms with Crippen molar-refractivity contribution in [3.63, 3.8) is 0 Å². The summed E-state index contributed by atoms with van der Waals surface area (Å²) in [5.41, 5.74) is 1.06. The average Bonchev–Trinajstić information content (AvgIpc) is 2.99. The predicted molar refractivity (Wildman–Crippen MR) is 82.9 cm³/mol. The van der Waals surface area contributed by atoms with E-state index in [9.17, 15) is 0 Å². The van der Waals surface area contributed by atoms with E-state index in [1.807, 2.05) is 30.1 Å². The molecule has 3 aromatic rings. The second kappa shape index (κ2) is 6.01. The summed E-state index contributed by atoms with van der Waals surface area (Å²) in [5, 5.41) is 9.98. The van der Waals surface area contributed by atoms with Crippen molar-refractivity contribution in [2.24, 2.45) is 0 Å². The second-order valence-corrected chi connectivity index (χ2v) is 4.95. The molecule has 5 heteroatoms. The van der Waals surface area contributed by atoms with Crippen LogP contribution < -0.4 is 5.32 Å². The lowest BCUT2D eigenvalue weighted by molar-refractivity contribution is 0.527. The number of likely N-dealkylation sites (N-methyl/N-ethyl adjacent to an activating group) is 1. The summed E-state index contributed by atoms with van der Waals surface area (Å²) < 4.78 is 1.93. The van der Waals surface area contributed by atoms with E-state index in [0.29, 0.717) is 0 Å². The number of hydrogen-bond donors (Lipinski definition) is 1. The Morgan fingerprint density at radius 2 is 2.05 bits per heavy atom. The second-order valence-electron chi connectivity index (χ2n) is 4.95. The van der Waals surface area contributed by atoms with Crippen molar-refractivity contribution >= 4 is 10.8 Å². The third-order valence-electron chi connectivity index (χ3n) is 3.76. The Morgan fingerprint density at radius 3 is 2.86 bits per heavy atom. The molecule has 1 atom stereocenters. The molecule has 1 aromatic carbocycles. The van der Waals surface area contributed by atoms with E-state index in [1.165, 1.54) is 10.8 Å². The molecule has 0 amide bonds. The smallest absolute Gasteiger partial charge is 0.138 e. The number of fused-ring (bicyclic) bond motifs is 1. The first-order chi connectivity index (χ1) is 10.3. The molecule has 0 fully saturated rings. The minimum absolute atomic E-state index is 0.116. The SMILES string of the molecule is CCn1ncnc1CC(NC)c1nccc2ccccc12. The first kappa shape index (κ1) is 13.7. The van der Waals surface area contributed by atoms with Crippen LogP contribution in [0, 0.1) is 0 Å². The van der Waals surface area contributed by atoms with Gasteiger partial charge in [-0.2, -0.15) is 5.10 Å². The molecular formula is C16H19N5. The Morgan fingerprint density at radius 1 is 1.19 bits per heavy atom. The van der Waals surface area contributed by atoms with Crippen LogP contribution >= 0.6 is 0 Å². The Kier molecular flexibility index (Phi) is 3.92. The summed E-state index contributed by atoms with van der Waals surface area (Å²) in [5.74, 6) is 0.978. The Hall–Kier alpha value is -2.27. The van der Waals surface area contributed by atoms with Crippen LogP contribution in [0.5, 0.6) is 0 Å². The molecule has 1 N–H and O–H groups in total. The number of nitrogens with one attached hydrogen (secondary N) is 1. The van der Waals surface area contributed by atoms with E-state index in [0.717, 1.165) is 24.5 Å². The molecular weight excluding hydrogens is 262 g/mol. The molecule has 0 aliphatic rings. The van der Waals surface area contributed by atoms with E-state index in [1.54, 1.807) is 6.33 Å². The molecule has 2 heterocycles. The maximum absolute atomic E-state index is 4.59. The highest BCUT2D eigenvalue weighted by atomic mass is 15.3. The molecule has 3 rings (SSSR count). The number of aromatic nitrogens is 4. The fourth-order valence-electron chi connectivity index (χ4n) is 2.65. The Labute approximate surface area is 124 Å². The molecule has 108 valence electrons. The molecule has 0 spiro atoms. The fourth-order valence-corrected chi connectivity index (χ4v) is 2.65. The van der Waals surface area contributed by atoms with Crippen molar-refractivity contribution in [3.8, 4) is 0 Å². The molecule has 0 aliphatic carbocycles. The van der Waals surface area contributed by atoms with Gasteiger partial charge in [-0.05, 0) is 25.4 Å². The molecule has 0 saturated heterocycles. The van der Waals surface area contributed by atoms with Gasteiger partial charge in [-0.25, -0.2) is 4.98 Å². The molecule has 1 unspecified atom stereocenters. The highest BCUT2D eigenvalue weighted by Gasteiger charge is 2.17. The molecule has 0 radical (unpaired) electrons. The van der Waals surface area contributed by atoms with Crippen molar-refractivity contribution in [2.45, 2.75) is 25.9 Å². The van der Waals surface area contributed by atoms with Gasteiger partial charge >= 0.3 is 0 Å². The van der Waals surface area contributed by atoms with E-state index in [4.69, 9.17) is 0 Å². The van der Waals surface area contributed by atoms with Crippen molar-refractivity contribution in [1.29, 1.82) is 0 Å². The molecule has 0 bridgehead atoms. The van der Waals surface area contributed by atoms with Crippen molar-refractivity contribution in [2.75, 3.05) is 7.05 Å². The van der Waals surface area contributed by atoms with Crippen LogP contribution in [0.25, 0.3) is 10.8 Å². The number of hydrogen-bond acceptors (Lipinski definition) is 4. The summed E-state index contributed by atoms with van der Waals surface area (Å²) in [6.07, 6.45) is 4.25. The number of rotatable bonds is 5. The summed E-state index contributed by atoms with van der Waals surface area (Å²) in [6.45, 7) is 2.90.